The molecule has 20 heteroatoms. The number of hydrogen-bond donors (Lipinski definition) is 4. The zero-order chi connectivity index (χ0) is 77.8. The summed E-state index contributed by atoms with van der Waals surface area (Å²) >= 11 is 0. The molecule has 0 fully saturated rings. The number of benzene rings is 8. The molecule has 0 atom stereocenters. The first-order valence-electron chi connectivity index (χ1n) is 36.3. The fraction of sp³-hybridized carbons (Fsp3) is 0.364. The van der Waals surface area contributed by atoms with E-state index in [1.165, 1.54) is 0 Å². The summed E-state index contributed by atoms with van der Waals surface area (Å²) in [6, 6.07) is 53.0. The van der Waals surface area contributed by atoms with E-state index in [1.54, 1.807) is 0 Å². The van der Waals surface area contributed by atoms with Crippen molar-refractivity contribution in [2.45, 2.75) is 157 Å². The summed E-state index contributed by atoms with van der Waals surface area (Å²) < 4.78 is 49.6. The highest BCUT2D eigenvalue weighted by atomic mass is 16.5. The van der Waals surface area contributed by atoms with Gasteiger partial charge in [-0.2, -0.15) is 0 Å². The van der Waals surface area contributed by atoms with Crippen LogP contribution in [0.2, 0.25) is 0 Å². The number of fused-ring (bicyclic) bond motifs is 8. The van der Waals surface area contributed by atoms with Gasteiger partial charge in [0.25, 0.3) is 23.6 Å². The van der Waals surface area contributed by atoms with Crippen LogP contribution in [0.1, 0.15) is 172 Å². The monoisotopic (exact) mass is 1470 g/mol. The fourth-order valence-electron chi connectivity index (χ4n) is 12.0. The van der Waals surface area contributed by atoms with Crippen LogP contribution in [-0.2, 0) is 131 Å². The van der Waals surface area contributed by atoms with Crippen molar-refractivity contribution in [3.05, 3.63) is 259 Å². The van der Waals surface area contributed by atoms with E-state index >= 15 is 0 Å². The van der Waals surface area contributed by atoms with Crippen molar-refractivity contribution in [1.82, 2.24) is 21.3 Å². The molecule has 0 aliphatic heterocycles. The predicted molar refractivity (Wildman–Crippen MR) is 411 cm³/mol. The second-order valence-electron chi connectivity index (χ2n) is 31.0. The maximum absolute atomic E-state index is 14.2. The molecule has 8 aromatic rings. The second kappa shape index (κ2) is 36.8. The predicted octanol–water partition coefficient (Wildman–Crippen LogP) is 12.5. The lowest BCUT2D eigenvalue weighted by Crippen LogP contribution is -2.34. The minimum absolute atomic E-state index is 0.00407. The number of rotatable bonds is 28. The van der Waals surface area contributed by atoms with Gasteiger partial charge < -0.3 is 59.2 Å². The van der Waals surface area contributed by atoms with Gasteiger partial charge in [0.2, 0.25) is 0 Å². The van der Waals surface area contributed by atoms with Crippen molar-refractivity contribution in [3.63, 3.8) is 0 Å². The van der Waals surface area contributed by atoms with Gasteiger partial charge in [-0.3, -0.25) is 38.4 Å². The van der Waals surface area contributed by atoms with Gasteiger partial charge in [0.05, 0.1) is 0 Å². The number of ether oxygens (including phenoxy) is 8. The molecule has 4 N–H and O–H groups in total. The van der Waals surface area contributed by atoms with Gasteiger partial charge >= 0.3 is 23.9 Å². The highest BCUT2D eigenvalue weighted by Gasteiger charge is 2.31. The van der Waals surface area contributed by atoms with Crippen molar-refractivity contribution in [2.24, 2.45) is 0 Å². The molecular weight excluding hydrogens is 1370 g/mol. The Balaban J connectivity index is 1.21. The van der Waals surface area contributed by atoms with E-state index in [0.29, 0.717) is 67.5 Å². The van der Waals surface area contributed by atoms with Crippen LogP contribution in [0.15, 0.2) is 170 Å². The van der Waals surface area contributed by atoms with Crippen LogP contribution >= 0.6 is 0 Å². The largest absolute Gasteiger partial charge is 0.483 e. The molecule has 0 heterocycles. The van der Waals surface area contributed by atoms with Gasteiger partial charge in [-0.25, -0.2) is 0 Å². The van der Waals surface area contributed by atoms with E-state index in [4.69, 9.17) is 37.9 Å². The topological polar surface area (TPSA) is 259 Å². The van der Waals surface area contributed by atoms with Crippen molar-refractivity contribution in [3.8, 4) is 23.0 Å². The third-order valence-corrected chi connectivity index (χ3v) is 18.0. The molecule has 108 heavy (non-hydrogen) atoms. The third-order valence-electron chi connectivity index (χ3n) is 18.0. The summed E-state index contributed by atoms with van der Waals surface area (Å²) in [4.78, 5) is 110. The molecule has 1 aliphatic rings. The normalized spacial score (nSPS) is 12.1. The third kappa shape index (κ3) is 24.4. The summed E-state index contributed by atoms with van der Waals surface area (Å²) in [5, 5.41) is 10.7. The summed E-state index contributed by atoms with van der Waals surface area (Å²) in [5.41, 5.74) is 9.39. The number of carbonyl (C=O) groups is 8. The first-order valence-corrected chi connectivity index (χ1v) is 36.3. The van der Waals surface area contributed by atoms with Crippen molar-refractivity contribution < 1.29 is 76.3 Å². The van der Waals surface area contributed by atoms with E-state index in [2.05, 4.69) is 104 Å². The Labute approximate surface area is 633 Å². The Kier molecular flexibility index (Phi) is 27.6. The molecule has 568 valence electrons. The average molecular weight is 1470 g/mol. The molecule has 4 amide bonds. The van der Waals surface area contributed by atoms with Crippen LogP contribution in [0.5, 0.6) is 23.0 Å². The highest BCUT2D eigenvalue weighted by molar-refractivity contribution is 5.85. The molecule has 0 unspecified atom stereocenters. The summed E-state index contributed by atoms with van der Waals surface area (Å²) in [6.07, 6.45) is 0.256. The number of nitrogens with one attached hydrogen (secondary N) is 4. The molecular formula is C88H100N4O16. The molecule has 20 nitrogen and oxygen atoms in total. The van der Waals surface area contributed by atoms with Gasteiger partial charge in [0.15, 0.2) is 26.4 Å². The van der Waals surface area contributed by atoms with Crippen molar-refractivity contribution in [2.75, 3.05) is 52.6 Å². The van der Waals surface area contributed by atoms with Gasteiger partial charge in [0, 0.05) is 25.7 Å². The zero-order valence-electron chi connectivity index (χ0n) is 64.0. The Morgan fingerprint density at radius 2 is 0.435 bits per heavy atom. The molecule has 8 aromatic carbocycles. The Bertz CT molecular complexity index is 3830. The van der Waals surface area contributed by atoms with E-state index in [1.807, 2.05) is 170 Å². The molecule has 0 saturated heterocycles. The van der Waals surface area contributed by atoms with Crippen LogP contribution < -0.4 is 40.2 Å². The maximum Gasteiger partial charge on any atom is 0.325 e. The summed E-state index contributed by atoms with van der Waals surface area (Å²) in [5.74, 6) is -3.86. The van der Waals surface area contributed by atoms with Gasteiger partial charge in [0.1, 0.15) is 75.6 Å². The van der Waals surface area contributed by atoms with Gasteiger partial charge in [-0.05, 0) is 111 Å². The highest BCUT2D eigenvalue weighted by Crippen LogP contribution is 2.45. The first-order chi connectivity index (χ1) is 51.3. The standard InChI is InChI=1S/C88H100N4O16/c1-85(2,3)69-37-61-33-63-39-70(86(4,5)6)41-65(82(63)106-54-74(94)90-46-78(98)102-50-58-27-19-14-20-28-58)35-67-43-72(88(10,11)12)44-68(84(67)108-56-76(96)92-48-80(100)104-52-60-31-23-16-24-32-60)36-66-42-71(87(7,8)9)40-64(83(66)107-55-75(95)91-47-79(99)103-51-59-29-21-15-22-30-59)34-62(38-69)81(61)105-53-73(93)89-45-77(97)101-49-57-25-17-13-18-26-57/h13-32,37-44H,33-36,45-56H2,1-12H3,(H,89,93)(H,90,94)(H,91,95)(H,92,96). The van der Waals surface area contributed by atoms with E-state index in [-0.39, 0.29) is 52.1 Å². The maximum atomic E-state index is 14.2. The van der Waals surface area contributed by atoms with Gasteiger partial charge in [-0.1, -0.05) is 253 Å². The minimum atomic E-state index is -0.660. The average Bonchev–Trinajstić information content (AvgIpc) is 0.761. The number of esters is 4. The quantitative estimate of drug-likeness (QED) is 0.0262. The molecule has 0 saturated carbocycles. The van der Waals surface area contributed by atoms with Crippen LogP contribution in [0.3, 0.4) is 0 Å². The number of carbonyl (C=O) groups excluding carboxylic acids is 8. The van der Waals surface area contributed by atoms with Crippen molar-refractivity contribution >= 4 is 47.5 Å². The minimum Gasteiger partial charge on any atom is -0.483 e. The summed E-state index contributed by atoms with van der Waals surface area (Å²) in [6.45, 7) is 21.0. The van der Waals surface area contributed by atoms with E-state index < -0.39 is 122 Å². The smallest absolute Gasteiger partial charge is 0.325 e. The fourth-order valence-corrected chi connectivity index (χ4v) is 12.0. The van der Waals surface area contributed by atoms with E-state index in [0.717, 1.165) is 44.5 Å². The lowest BCUT2D eigenvalue weighted by Gasteiger charge is -2.29. The molecule has 0 radical (unpaired) electrons. The molecule has 0 spiro atoms. The SMILES string of the molecule is CC(C)(C)c1cc2c(OCC(=O)NCC(=O)OCc3ccccc3)c(c1)Cc1cc(C(C)(C)C)cc(c1OCC(=O)NCC(=O)OCc1ccccc1)Cc1cc(C(C)(C)C)cc(c1OCC(=O)NCC(=O)OCc1ccccc1)Cc1cc(C(C)(C)C)cc(c1OCC(=O)NCC(=O)OCc1ccccc1)C2. The summed E-state index contributed by atoms with van der Waals surface area (Å²) in [7, 11) is 0. The lowest BCUT2D eigenvalue weighted by molar-refractivity contribution is -0.145. The van der Waals surface area contributed by atoms with E-state index in [9.17, 15) is 38.4 Å². The Morgan fingerprint density at radius 1 is 0.269 bits per heavy atom. The number of hydrogen-bond acceptors (Lipinski definition) is 16. The Morgan fingerprint density at radius 3 is 0.593 bits per heavy atom. The second-order valence-corrected chi connectivity index (χ2v) is 31.0. The molecule has 8 bridgehead atoms. The van der Waals surface area contributed by atoms with Crippen LogP contribution in [0.4, 0.5) is 0 Å². The lowest BCUT2D eigenvalue weighted by atomic mass is 9.79. The van der Waals surface area contributed by atoms with Crippen molar-refractivity contribution in [1.29, 1.82) is 0 Å². The van der Waals surface area contributed by atoms with Crippen LogP contribution in [0.25, 0.3) is 0 Å². The van der Waals surface area contributed by atoms with Gasteiger partial charge in [-0.15, -0.1) is 0 Å². The molecule has 9 rings (SSSR count). The molecule has 1 aliphatic carbocycles. The zero-order valence-corrected chi connectivity index (χ0v) is 64.0. The molecule has 0 aromatic heterocycles. The first kappa shape index (κ1) is 80.8. The number of amides is 4. The Hall–Kier alpha value is -11.3. The van der Waals surface area contributed by atoms with Crippen LogP contribution in [0, 0.1) is 0 Å². The van der Waals surface area contributed by atoms with Crippen LogP contribution in [-0.4, -0.2) is 100 Å².